The minimum Gasteiger partial charge on any atom is -0.349 e. The van der Waals surface area contributed by atoms with Gasteiger partial charge in [0.25, 0.3) is 5.91 Å². The molecule has 29 heavy (non-hydrogen) atoms. The molecule has 0 aromatic heterocycles. The van der Waals surface area contributed by atoms with Crippen molar-refractivity contribution in [2.45, 2.75) is 53.0 Å². The van der Waals surface area contributed by atoms with Gasteiger partial charge in [0.2, 0.25) is 0 Å². The molecule has 0 aliphatic heterocycles. The van der Waals surface area contributed by atoms with Crippen molar-refractivity contribution in [2.75, 3.05) is 20.6 Å². The zero-order valence-corrected chi connectivity index (χ0v) is 19.0. The maximum Gasteiger partial charge on any atom is 0.251 e. The number of carbonyl (C=O) groups excluding carboxylic acids is 1. The van der Waals surface area contributed by atoms with E-state index in [0.717, 1.165) is 36.9 Å². The number of nitrogens with zero attached hydrogens (tertiary/aromatic N) is 1. The van der Waals surface area contributed by atoms with Crippen molar-refractivity contribution in [3.63, 3.8) is 0 Å². The molecule has 0 radical (unpaired) electrons. The molecule has 1 atom stereocenters. The van der Waals surface area contributed by atoms with Crippen molar-refractivity contribution < 1.29 is 4.79 Å². The Morgan fingerprint density at radius 1 is 0.931 bits per heavy atom. The van der Waals surface area contributed by atoms with Gasteiger partial charge >= 0.3 is 0 Å². The molecule has 3 heteroatoms. The maximum atomic E-state index is 13.0. The van der Waals surface area contributed by atoms with E-state index in [-0.39, 0.29) is 11.9 Å². The average molecular weight is 395 g/mol. The van der Waals surface area contributed by atoms with E-state index < -0.39 is 0 Å². The molecule has 0 aliphatic rings. The van der Waals surface area contributed by atoms with E-state index in [0.29, 0.717) is 11.8 Å². The van der Waals surface area contributed by atoms with Crippen LogP contribution in [0.5, 0.6) is 0 Å². The number of amides is 1. The van der Waals surface area contributed by atoms with Crippen LogP contribution in [0.25, 0.3) is 11.1 Å². The molecule has 158 valence electrons. The van der Waals surface area contributed by atoms with Gasteiger partial charge < -0.3 is 10.2 Å². The second kappa shape index (κ2) is 11.2. The van der Waals surface area contributed by atoms with Crippen LogP contribution in [0.1, 0.15) is 56.5 Å². The first-order valence-corrected chi connectivity index (χ1v) is 10.9. The van der Waals surface area contributed by atoms with Gasteiger partial charge in [-0.05, 0) is 80.6 Å². The fourth-order valence-corrected chi connectivity index (χ4v) is 3.69. The van der Waals surface area contributed by atoms with Crippen LogP contribution in [-0.4, -0.2) is 37.5 Å². The number of hydrogen-bond donors (Lipinski definition) is 1. The number of rotatable bonds is 10. The monoisotopic (exact) mass is 394 g/mol. The lowest BCUT2D eigenvalue weighted by molar-refractivity contribution is 0.0928. The summed E-state index contributed by atoms with van der Waals surface area (Å²) in [6.07, 6.45) is 3.03. The predicted molar refractivity (Wildman–Crippen MR) is 124 cm³/mol. The Labute approximate surface area is 177 Å². The van der Waals surface area contributed by atoms with Crippen molar-refractivity contribution in [3.8, 4) is 11.1 Å². The van der Waals surface area contributed by atoms with Crippen LogP contribution in [0.3, 0.4) is 0 Å². The Morgan fingerprint density at radius 3 is 2.21 bits per heavy atom. The van der Waals surface area contributed by atoms with Crippen LogP contribution in [0.2, 0.25) is 0 Å². The SMILES string of the molecule is CC(C)Cc1cccc(-c2cccc(C(=O)N[C@H](CCN(C)C)CC(C)C)c2)c1. The molecule has 2 aromatic rings. The largest absolute Gasteiger partial charge is 0.349 e. The zero-order valence-electron chi connectivity index (χ0n) is 19.0. The third-order valence-electron chi connectivity index (χ3n) is 5.04. The lowest BCUT2D eigenvalue weighted by Crippen LogP contribution is -2.37. The fourth-order valence-electron chi connectivity index (χ4n) is 3.69. The molecule has 0 fully saturated rings. The van der Waals surface area contributed by atoms with E-state index in [1.54, 1.807) is 0 Å². The second-order valence-corrected chi connectivity index (χ2v) is 9.27. The van der Waals surface area contributed by atoms with Crippen LogP contribution in [0, 0.1) is 11.8 Å². The van der Waals surface area contributed by atoms with E-state index in [4.69, 9.17) is 0 Å². The highest BCUT2D eigenvalue weighted by atomic mass is 16.1. The van der Waals surface area contributed by atoms with Gasteiger partial charge in [-0.1, -0.05) is 64.1 Å². The highest BCUT2D eigenvalue weighted by molar-refractivity contribution is 5.95. The Balaban J connectivity index is 2.15. The fraction of sp³-hybridized carbons (Fsp3) is 0.500. The number of benzene rings is 2. The predicted octanol–water partition coefficient (Wildman–Crippen LogP) is 5.65. The third kappa shape index (κ3) is 8.02. The first-order chi connectivity index (χ1) is 13.7. The van der Waals surface area contributed by atoms with Crippen LogP contribution in [-0.2, 0) is 6.42 Å². The molecule has 2 rings (SSSR count). The van der Waals surface area contributed by atoms with E-state index in [2.05, 4.69) is 82.3 Å². The van der Waals surface area contributed by atoms with Crippen molar-refractivity contribution in [3.05, 3.63) is 59.7 Å². The summed E-state index contributed by atoms with van der Waals surface area (Å²) in [5, 5.41) is 3.27. The molecule has 1 N–H and O–H groups in total. The Kier molecular flexibility index (Phi) is 8.91. The van der Waals surface area contributed by atoms with Crippen LogP contribution in [0.15, 0.2) is 48.5 Å². The molecule has 0 unspecified atom stereocenters. The average Bonchev–Trinajstić information content (AvgIpc) is 2.65. The van der Waals surface area contributed by atoms with Crippen molar-refractivity contribution >= 4 is 5.91 Å². The quantitative estimate of drug-likeness (QED) is 0.565. The molecule has 0 saturated carbocycles. The van der Waals surface area contributed by atoms with E-state index >= 15 is 0 Å². The lowest BCUT2D eigenvalue weighted by atomic mass is 9.96. The third-order valence-corrected chi connectivity index (χ3v) is 5.04. The van der Waals surface area contributed by atoms with Crippen LogP contribution < -0.4 is 5.32 Å². The minimum absolute atomic E-state index is 0.0228. The highest BCUT2D eigenvalue weighted by Gasteiger charge is 2.16. The van der Waals surface area contributed by atoms with Crippen molar-refractivity contribution in [2.24, 2.45) is 11.8 Å². The summed E-state index contributed by atoms with van der Waals surface area (Å²) >= 11 is 0. The molecule has 0 aliphatic carbocycles. The molecule has 0 bridgehead atoms. The van der Waals surface area contributed by atoms with Gasteiger partial charge in [-0.15, -0.1) is 0 Å². The summed E-state index contributed by atoms with van der Waals surface area (Å²) < 4.78 is 0. The normalized spacial score (nSPS) is 12.6. The maximum absolute atomic E-state index is 13.0. The van der Waals surface area contributed by atoms with Gasteiger partial charge in [-0.3, -0.25) is 4.79 Å². The first kappa shape index (κ1) is 23.2. The summed E-state index contributed by atoms with van der Waals surface area (Å²) in [6.45, 7) is 9.86. The van der Waals surface area contributed by atoms with E-state index in [9.17, 15) is 4.79 Å². The Hall–Kier alpha value is -2.13. The molecule has 2 aromatic carbocycles. The van der Waals surface area contributed by atoms with Gasteiger partial charge in [-0.2, -0.15) is 0 Å². The molecular formula is C26H38N2O. The molecule has 1 amide bonds. The van der Waals surface area contributed by atoms with Gasteiger partial charge in [0.05, 0.1) is 0 Å². The Bertz CT molecular complexity index is 780. The van der Waals surface area contributed by atoms with Crippen LogP contribution >= 0.6 is 0 Å². The smallest absolute Gasteiger partial charge is 0.251 e. The highest BCUT2D eigenvalue weighted by Crippen LogP contribution is 2.23. The molecule has 0 saturated heterocycles. The standard InChI is InChI=1S/C26H38N2O/c1-19(2)15-21-9-7-10-22(17-21)23-11-8-12-24(18-23)26(29)27-25(16-20(3)4)13-14-28(5)6/h7-12,17-20,25H,13-16H2,1-6H3,(H,27,29)/t25-/m1/s1. The van der Waals surface area contributed by atoms with E-state index in [1.165, 1.54) is 11.1 Å². The summed E-state index contributed by atoms with van der Waals surface area (Å²) in [5.41, 5.74) is 4.34. The van der Waals surface area contributed by atoms with Gasteiger partial charge in [0, 0.05) is 11.6 Å². The van der Waals surface area contributed by atoms with Crippen molar-refractivity contribution in [1.29, 1.82) is 0 Å². The lowest BCUT2D eigenvalue weighted by Gasteiger charge is -2.22. The molecule has 3 nitrogen and oxygen atoms in total. The molecule has 0 heterocycles. The zero-order chi connectivity index (χ0) is 21.4. The number of carbonyl (C=O) groups is 1. The summed E-state index contributed by atoms with van der Waals surface area (Å²) in [7, 11) is 4.15. The van der Waals surface area contributed by atoms with Crippen molar-refractivity contribution in [1.82, 2.24) is 10.2 Å². The summed E-state index contributed by atoms with van der Waals surface area (Å²) in [5.74, 6) is 1.20. The Morgan fingerprint density at radius 2 is 1.59 bits per heavy atom. The summed E-state index contributed by atoms with van der Waals surface area (Å²) in [6, 6.07) is 16.9. The number of nitrogens with one attached hydrogen (secondary N) is 1. The van der Waals surface area contributed by atoms with Gasteiger partial charge in [0.15, 0.2) is 0 Å². The second-order valence-electron chi connectivity index (χ2n) is 9.27. The minimum atomic E-state index is 0.0228. The van der Waals surface area contributed by atoms with Crippen LogP contribution in [0.4, 0.5) is 0 Å². The molecule has 0 spiro atoms. The molecular weight excluding hydrogens is 356 g/mol. The number of hydrogen-bond acceptors (Lipinski definition) is 2. The summed E-state index contributed by atoms with van der Waals surface area (Å²) in [4.78, 5) is 15.1. The van der Waals surface area contributed by atoms with Gasteiger partial charge in [-0.25, -0.2) is 0 Å². The topological polar surface area (TPSA) is 32.3 Å². The van der Waals surface area contributed by atoms with E-state index in [1.807, 2.05) is 18.2 Å². The van der Waals surface area contributed by atoms with Gasteiger partial charge in [0.1, 0.15) is 0 Å². The first-order valence-electron chi connectivity index (χ1n) is 10.9.